The first-order chi connectivity index (χ1) is 14.1. The fourth-order valence-electron chi connectivity index (χ4n) is 3.06. The van der Waals surface area contributed by atoms with Crippen LogP contribution in [0.4, 0.5) is 18.9 Å². The minimum Gasteiger partial charge on any atom is -0.306 e. The first kappa shape index (κ1) is 20.0. The molecule has 5 nitrogen and oxygen atoms in total. The Morgan fingerprint density at radius 1 is 1.00 bits per heavy atom. The third-order valence-electron chi connectivity index (χ3n) is 4.58. The van der Waals surface area contributed by atoms with Gasteiger partial charge >= 0.3 is 6.18 Å². The number of nitrogens with one attached hydrogen (secondary N) is 1. The molecule has 0 saturated carbocycles. The van der Waals surface area contributed by atoms with Crippen molar-refractivity contribution < 1.29 is 21.6 Å². The summed E-state index contributed by atoms with van der Waals surface area (Å²) < 4.78 is 67.8. The maximum Gasteiger partial charge on any atom is 0.416 e. The van der Waals surface area contributed by atoms with Gasteiger partial charge in [0.2, 0.25) is 0 Å². The van der Waals surface area contributed by atoms with Crippen LogP contribution in [0.3, 0.4) is 0 Å². The van der Waals surface area contributed by atoms with Gasteiger partial charge in [-0.15, -0.1) is 0 Å². The third-order valence-corrected chi connectivity index (χ3v) is 5.96. The second kappa shape index (κ2) is 7.17. The van der Waals surface area contributed by atoms with Crippen molar-refractivity contribution in [3.05, 3.63) is 84.2 Å². The Morgan fingerprint density at radius 3 is 2.40 bits per heavy atom. The number of hydrogen-bond acceptors (Lipinski definition) is 3. The van der Waals surface area contributed by atoms with E-state index in [4.69, 9.17) is 0 Å². The lowest BCUT2D eigenvalue weighted by atomic mass is 10.1. The van der Waals surface area contributed by atoms with Crippen LogP contribution in [0.1, 0.15) is 11.1 Å². The van der Waals surface area contributed by atoms with Crippen molar-refractivity contribution >= 4 is 21.4 Å². The number of rotatable bonds is 4. The second-order valence-corrected chi connectivity index (χ2v) is 8.44. The van der Waals surface area contributed by atoms with Gasteiger partial charge in [0.05, 0.1) is 16.2 Å². The lowest BCUT2D eigenvalue weighted by Gasteiger charge is -2.11. The molecule has 1 N–H and O–H groups in total. The molecule has 4 rings (SSSR count). The molecule has 154 valence electrons. The van der Waals surface area contributed by atoms with Gasteiger partial charge in [-0.25, -0.2) is 13.4 Å². The number of nitrogens with zero attached hydrogens (tertiary/aromatic N) is 2. The van der Waals surface area contributed by atoms with Gasteiger partial charge in [0, 0.05) is 23.6 Å². The maximum atomic E-state index is 12.9. The van der Waals surface area contributed by atoms with Crippen LogP contribution < -0.4 is 4.72 Å². The van der Waals surface area contributed by atoms with E-state index < -0.39 is 26.7 Å². The SMILES string of the molecule is Cc1cccn2cc(-c3ccc(NS(=O)(=O)c4cccc(C(F)(F)F)c4)cc3)nc12. The summed E-state index contributed by atoms with van der Waals surface area (Å²) in [7, 11) is -4.17. The van der Waals surface area contributed by atoms with E-state index in [1.807, 2.05) is 35.9 Å². The van der Waals surface area contributed by atoms with Crippen LogP contribution in [0.25, 0.3) is 16.9 Å². The van der Waals surface area contributed by atoms with E-state index >= 15 is 0 Å². The number of pyridine rings is 1. The molecule has 0 atom stereocenters. The van der Waals surface area contributed by atoms with Gasteiger partial charge in [-0.1, -0.05) is 24.3 Å². The highest BCUT2D eigenvalue weighted by atomic mass is 32.2. The van der Waals surface area contributed by atoms with Crippen LogP contribution in [0.15, 0.2) is 78.0 Å². The summed E-state index contributed by atoms with van der Waals surface area (Å²) in [5.41, 5.74) is 2.55. The monoisotopic (exact) mass is 431 g/mol. The number of benzene rings is 2. The topological polar surface area (TPSA) is 63.5 Å². The Labute approximate surface area is 170 Å². The van der Waals surface area contributed by atoms with Gasteiger partial charge in [0.25, 0.3) is 10.0 Å². The highest BCUT2D eigenvalue weighted by Gasteiger charge is 2.31. The van der Waals surface area contributed by atoms with E-state index in [1.165, 1.54) is 12.1 Å². The van der Waals surface area contributed by atoms with Crippen LogP contribution in [-0.4, -0.2) is 17.8 Å². The molecule has 0 aliphatic carbocycles. The molecule has 0 amide bonds. The summed E-state index contributed by atoms with van der Waals surface area (Å²) >= 11 is 0. The highest BCUT2D eigenvalue weighted by Crippen LogP contribution is 2.31. The smallest absolute Gasteiger partial charge is 0.306 e. The molecule has 0 aliphatic rings. The molecular formula is C21H16F3N3O2S. The summed E-state index contributed by atoms with van der Waals surface area (Å²) in [6.07, 6.45) is -0.875. The minimum atomic E-state index is -4.63. The number of sulfonamides is 1. The average Bonchev–Trinajstić information content (AvgIpc) is 3.13. The fourth-order valence-corrected chi connectivity index (χ4v) is 4.16. The highest BCUT2D eigenvalue weighted by molar-refractivity contribution is 7.92. The van der Waals surface area contributed by atoms with Crippen LogP contribution in [-0.2, 0) is 16.2 Å². The second-order valence-electron chi connectivity index (χ2n) is 6.76. The Morgan fingerprint density at radius 2 is 1.73 bits per heavy atom. The summed E-state index contributed by atoms with van der Waals surface area (Å²) in [6, 6.07) is 13.9. The molecule has 0 saturated heterocycles. The number of fused-ring (bicyclic) bond motifs is 1. The van der Waals surface area contributed by atoms with Gasteiger partial charge in [-0.3, -0.25) is 4.72 Å². The number of hydrogen-bond donors (Lipinski definition) is 1. The summed E-state index contributed by atoms with van der Waals surface area (Å²) in [5.74, 6) is 0. The molecule has 4 aromatic rings. The normalized spacial score (nSPS) is 12.3. The van der Waals surface area contributed by atoms with Gasteiger partial charge < -0.3 is 4.40 Å². The molecule has 0 aliphatic heterocycles. The van der Waals surface area contributed by atoms with Gasteiger partial charge in [-0.05, 0) is 48.9 Å². The van der Waals surface area contributed by atoms with Crippen LogP contribution in [0.5, 0.6) is 0 Å². The first-order valence-electron chi connectivity index (χ1n) is 8.88. The fraction of sp³-hybridized carbons (Fsp3) is 0.0952. The van der Waals surface area contributed by atoms with E-state index in [2.05, 4.69) is 9.71 Å². The number of aromatic nitrogens is 2. The lowest BCUT2D eigenvalue weighted by molar-refractivity contribution is -0.137. The molecule has 0 fully saturated rings. The van der Waals surface area contributed by atoms with Crippen molar-refractivity contribution in [2.45, 2.75) is 18.0 Å². The van der Waals surface area contributed by atoms with Crippen molar-refractivity contribution in [2.24, 2.45) is 0 Å². The molecule has 30 heavy (non-hydrogen) atoms. The molecule has 0 bridgehead atoms. The largest absolute Gasteiger partial charge is 0.416 e. The van der Waals surface area contributed by atoms with Crippen LogP contribution in [0.2, 0.25) is 0 Å². The minimum absolute atomic E-state index is 0.233. The first-order valence-corrected chi connectivity index (χ1v) is 10.4. The summed E-state index contributed by atoms with van der Waals surface area (Å²) in [5, 5.41) is 0. The predicted molar refractivity (Wildman–Crippen MR) is 108 cm³/mol. The van der Waals surface area contributed by atoms with Crippen LogP contribution in [0, 0.1) is 6.92 Å². The molecule has 0 spiro atoms. The van der Waals surface area contributed by atoms with E-state index in [-0.39, 0.29) is 5.69 Å². The summed E-state index contributed by atoms with van der Waals surface area (Å²) in [4.78, 5) is 4.12. The Hall–Kier alpha value is -3.33. The Balaban J connectivity index is 1.59. The van der Waals surface area contributed by atoms with Crippen molar-refractivity contribution in [2.75, 3.05) is 4.72 Å². The molecular weight excluding hydrogens is 415 g/mol. The van der Waals surface area contributed by atoms with Gasteiger partial charge in [-0.2, -0.15) is 13.2 Å². The van der Waals surface area contributed by atoms with E-state index in [0.717, 1.165) is 40.7 Å². The zero-order valence-electron chi connectivity index (χ0n) is 15.7. The molecule has 9 heteroatoms. The van der Waals surface area contributed by atoms with E-state index in [1.54, 1.807) is 12.1 Å². The molecule has 0 radical (unpaired) electrons. The van der Waals surface area contributed by atoms with Gasteiger partial charge in [0.15, 0.2) is 0 Å². The third kappa shape index (κ3) is 3.88. The van der Waals surface area contributed by atoms with Crippen molar-refractivity contribution in [3.63, 3.8) is 0 Å². The van der Waals surface area contributed by atoms with E-state index in [9.17, 15) is 21.6 Å². The lowest BCUT2D eigenvalue weighted by Crippen LogP contribution is -2.14. The standard InChI is InChI=1S/C21H16F3N3O2S/c1-14-4-3-11-27-13-19(25-20(14)27)15-7-9-17(10-8-15)26-30(28,29)18-6-2-5-16(12-18)21(22,23)24/h2-13,26H,1H3. The van der Waals surface area contributed by atoms with Crippen molar-refractivity contribution in [1.82, 2.24) is 9.38 Å². The number of anilines is 1. The quantitative estimate of drug-likeness (QED) is 0.487. The van der Waals surface area contributed by atoms with Gasteiger partial charge in [0.1, 0.15) is 5.65 Å². The Bertz CT molecular complexity index is 1330. The summed E-state index contributed by atoms with van der Waals surface area (Å²) in [6.45, 7) is 1.96. The molecule has 2 heterocycles. The maximum absolute atomic E-state index is 12.9. The molecule has 2 aromatic carbocycles. The zero-order chi connectivity index (χ0) is 21.5. The van der Waals surface area contributed by atoms with Crippen molar-refractivity contribution in [1.29, 1.82) is 0 Å². The number of aryl methyl sites for hydroxylation is 1. The molecule has 2 aromatic heterocycles. The number of alkyl halides is 3. The average molecular weight is 431 g/mol. The number of halogens is 3. The van der Waals surface area contributed by atoms with Crippen molar-refractivity contribution in [3.8, 4) is 11.3 Å². The van der Waals surface area contributed by atoms with E-state index in [0.29, 0.717) is 6.07 Å². The number of imidazole rings is 1. The zero-order valence-corrected chi connectivity index (χ0v) is 16.5. The Kier molecular flexibility index (Phi) is 4.77. The molecule has 0 unspecified atom stereocenters. The van der Waals surface area contributed by atoms with Crippen LogP contribution >= 0.6 is 0 Å². The predicted octanol–water partition coefficient (Wildman–Crippen LogP) is 5.13.